The summed E-state index contributed by atoms with van der Waals surface area (Å²) >= 11 is 5.87. The summed E-state index contributed by atoms with van der Waals surface area (Å²) in [5.41, 5.74) is 5.75. The number of carbonyl (C=O) groups is 1. The van der Waals surface area contributed by atoms with Gasteiger partial charge in [0, 0.05) is 18.6 Å². The van der Waals surface area contributed by atoms with Crippen LogP contribution in [0.2, 0.25) is 5.02 Å². The van der Waals surface area contributed by atoms with Gasteiger partial charge in [0.1, 0.15) is 0 Å². The Balaban J connectivity index is 0.000000921. The highest BCUT2D eigenvalue weighted by Gasteiger charge is 1.99. The molecule has 4 nitrogen and oxygen atoms in total. The number of carbonyl (C=O) groups excluding carboxylic acids is 1. The van der Waals surface area contributed by atoms with E-state index < -0.39 is 6.09 Å². The predicted molar refractivity (Wildman–Crippen MR) is 58.8 cm³/mol. The third-order valence-electron chi connectivity index (χ3n) is 1.57. The van der Waals surface area contributed by atoms with Crippen molar-refractivity contribution in [3.8, 4) is 0 Å². The first-order chi connectivity index (χ1) is 7.20. The Morgan fingerprint density at radius 1 is 1.47 bits per heavy atom. The fraction of sp³-hybridized carbons (Fsp3) is 0.300. The number of aliphatic hydroxyl groups is 1. The first kappa shape index (κ1) is 13.7. The van der Waals surface area contributed by atoms with Gasteiger partial charge in [-0.05, 0) is 11.6 Å². The lowest BCUT2D eigenvalue weighted by Crippen LogP contribution is -2.14. The first-order valence-electron chi connectivity index (χ1n) is 4.30. The number of benzene rings is 1. The third-order valence-corrected chi connectivity index (χ3v) is 1.94. The van der Waals surface area contributed by atoms with Crippen LogP contribution in [-0.2, 0) is 11.2 Å². The van der Waals surface area contributed by atoms with E-state index in [0.29, 0.717) is 11.4 Å². The van der Waals surface area contributed by atoms with Crippen LogP contribution in [0.5, 0.6) is 0 Å². The highest BCUT2D eigenvalue weighted by molar-refractivity contribution is 6.31. The SMILES string of the molecule is CO.NC(=O)OCCc1ccccc1Cl. The van der Waals surface area contributed by atoms with Crippen molar-refractivity contribution in [1.82, 2.24) is 0 Å². The molecule has 5 heteroatoms. The molecule has 3 N–H and O–H groups in total. The smallest absolute Gasteiger partial charge is 0.404 e. The number of rotatable bonds is 3. The Morgan fingerprint density at radius 3 is 2.60 bits per heavy atom. The Hall–Kier alpha value is -1.26. The van der Waals surface area contributed by atoms with Gasteiger partial charge in [0.25, 0.3) is 0 Å². The number of amides is 1. The second kappa shape index (κ2) is 8.08. The summed E-state index contributed by atoms with van der Waals surface area (Å²) in [6.45, 7) is 0.263. The van der Waals surface area contributed by atoms with E-state index in [2.05, 4.69) is 4.74 Å². The summed E-state index contributed by atoms with van der Waals surface area (Å²) in [6, 6.07) is 7.40. The van der Waals surface area contributed by atoms with Gasteiger partial charge in [-0.1, -0.05) is 29.8 Å². The quantitative estimate of drug-likeness (QED) is 0.830. The second-order valence-electron chi connectivity index (χ2n) is 2.51. The summed E-state index contributed by atoms with van der Waals surface area (Å²) < 4.78 is 4.58. The molecule has 0 aliphatic rings. The molecule has 0 saturated carbocycles. The van der Waals surface area contributed by atoms with Crippen molar-refractivity contribution in [2.45, 2.75) is 6.42 Å². The van der Waals surface area contributed by atoms with Crippen molar-refractivity contribution in [3.63, 3.8) is 0 Å². The van der Waals surface area contributed by atoms with Crippen molar-refractivity contribution in [3.05, 3.63) is 34.9 Å². The van der Waals surface area contributed by atoms with Crippen molar-refractivity contribution in [1.29, 1.82) is 0 Å². The molecule has 0 fully saturated rings. The fourth-order valence-corrected chi connectivity index (χ4v) is 1.19. The molecular formula is C10H14ClNO3. The minimum absolute atomic E-state index is 0.263. The summed E-state index contributed by atoms with van der Waals surface area (Å²) in [6.07, 6.45) is -0.171. The fourth-order valence-electron chi connectivity index (χ4n) is 0.963. The summed E-state index contributed by atoms with van der Waals surface area (Å²) in [5.74, 6) is 0. The number of nitrogens with two attached hydrogens (primary N) is 1. The number of hydrogen-bond donors (Lipinski definition) is 2. The van der Waals surface area contributed by atoms with Crippen molar-refractivity contribution in [2.75, 3.05) is 13.7 Å². The zero-order valence-corrected chi connectivity index (χ0v) is 9.20. The van der Waals surface area contributed by atoms with Crippen LogP contribution in [0.4, 0.5) is 4.79 Å². The van der Waals surface area contributed by atoms with Gasteiger partial charge in [0.05, 0.1) is 6.61 Å². The van der Waals surface area contributed by atoms with Gasteiger partial charge in [-0.2, -0.15) is 0 Å². The van der Waals surface area contributed by atoms with E-state index in [1.807, 2.05) is 18.2 Å². The molecule has 0 aliphatic carbocycles. The van der Waals surface area contributed by atoms with Crippen LogP contribution in [0, 0.1) is 0 Å². The van der Waals surface area contributed by atoms with Crippen LogP contribution >= 0.6 is 11.6 Å². The van der Waals surface area contributed by atoms with Crippen LogP contribution in [0.15, 0.2) is 24.3 Å². The van der Waals surface area contributed by atoms with Gasteiger partial charge >= 0.3 is 6.09 Å². The third kappa shape index (κ3) is 5.93. The molecule has 0 spiro atoms. The highest BCUT2D eigenvalue weighted by Crippen LogP contribution is 2.15. The zero-order chi connectivity index (χ0) is 11.7. The summed E-state index contributed by atoms with van der Waals surface area (Å²) in [4.78, 5) is 10.2. The molecule has 1 aromatic carbocycles. The van der Waals surface area contributed by atoms with E-state index in [1.54, 1.807) is 6.07 Å². The topological polar surface area (TPSA) is 72.5 Å². The van der Waals surface area contributed by atoms with Gasteiger partial charge < -0.3 is 15.6 Å². The lowest BCUT2D eigenvalue weighted by Gasteiger charge is -2.03. The average molecular weight is 232 g/mol. The highest BCUT2D eigenvalue weighted by atomic mass is 35.5. The minimum atomic E-state index is -0.757. The Labute approximate surface area is 93.6 Å². The standard InChI is InChI=1S/C9H10ClNO2.CH4O/c10-8-4-2-1-3-7(8)5-6-13-9(11)12;1-2/h1-4H,5-6H2,(H2,11,12);2H,1H3. The Bertz CT molecular complexity index is 304. The van der Waals surface area contributed by atoms with Gasteiger partial charge in [0.2, 0.25) is 0 Å². The van der Waals surface area contributed by atoms with Crippen LogP contribution in [0.1, 0.15) is 5.56 Å². The van der Waals surface area contributed by atoms with Crippen LogP contribution in [0.3, 0.4) is 0 Å². The van der Waals surface area contributed by atoms with E-state index >= 15 is 0 Å². The second-order valence-corrected chi connectivity index (χ2v) is 2.92. The van der Waals surface area contributed by atoms with Crippen molar-refractivity contribution >= 4 is 17.7 Å². The molecule has 0 radical (unpaired) electrons. The lowest BCUT2D eigenvalue weighted by atomic mass is 10.2. The Morgan fingerprint density at radius 2 is 2.07 bits per heavy atom. The van der Waals surface area contributed by atoms with E-state index in [4.69, 9.17) is 22.4 Å². The monoisotopic (exact) mass is 231 g/mol. The van der Waals surface area contributed by atoms with Crippen molar-refractivity contribution < 1.29 is 14.6 Å². The number of aliphatic hydroxyl groups excluding tert-OH is 1. The average Bonchev–Trinajstić information content (AvgIpc) is 2.23. The van der Waals surface area contributed by atoms with E-state index in [1.165, 1.54) is 0 Å². The summed E-state index contributed by atoms with van der Waals surface area (Å²) in [7, 11) is 1.00. The minimum Gasteiger partial charge on any atom is -0.449 e. The van der Waals surface area contributed by atoms with E-state index in [-0.39, 0.29) is 6.61 Å². The molecule has 84 valence electrons. The first-order valence-corrected chi connectivity index (χ1v) is 4.68. The zero-order valence-electron chi connectivity index (χ0n) is 8.44. The molecule has 0 unspecified atom stereocenters. The molecule has 0 saturated heterocycles. The van der Waals surface area contributed by atoms with E-state index in [9.17, 15) is 4.79 Å². The van der Waals surface area contributed by atoms with Crippen LogP contribution < -0.4 is 5.73 Å². The largest absolute Gasteiger partial charge is 0.449 e. The van der Waals surface area contributed by atoms with Crippen LogP contribution in [0.25, 0.3) is 0 Å². The maximum absolute atomic E-state index is 10.2. The van der Waals surface area contributed by atoms with Crippen LogP contribution in [-0.4, -0.2) is 24.9 Å². The molecule has 0 aromatic heterocycles. The maximum Gasteiger partial charge on any atom is 0.404 e. The normalized spacial score (nSPS) is 8.73. The molecule has 0 atom stereocenters. The predicted octanol–water partition coefficient (Wildman–Crippen LogP) is 1.59. The molecule has 0 heterocycles. The van der Waals surface area contributed by atoms with Gasteiger partial charge in [-0.15, -0.1) is 0 Å². The molecule has 1 amide bonds. The van der Waals surface area contributed by atoms with Gasteiger partial charge in [-0.25, -0.2) is 4.79 Å². The molecule has 1 rings (SSSR count). The van der Waals surface area contributed by atoms with Crippen molar-refractivity contribution in [2.24, 2.45) is 5.73 Å². The van der Waals surface area contributed by atoms with Gasteiger partial charge in [0.15, 0.2) is 0 Å². The molecular weight excluding hydrogens is 218 g/mol. The number of ether oxygens (including phenoxy) is 1. The molecule has 0 bridgehead atoms. The molecule has 0 aliphatic heterocycles. The lowest BCUT2D eigenvalue weighted by molar-refractivity contribution is 0.158. The Kier molecular flexibility index (Phi) is 7.40. The number of primary amides is 1. The van der Waals surface area contributed by atoms with E-state index in [0.717, 1.165) is 12.7 Å². The number of hydrogen-bond acceptors (Lipinski definition) is 3. The molecule has 1 aromatic rings. The number of halogens is 1. The maximum atomic E-state index is 10.2. The van der Waals surface area contributed by atoms with Gasteiger partial charge in [-0.3, -0.25) is 0 Å². The molecule has 15 heavy (non-hydrogen) atoms. The summed E-state index contributed by atoms with van der Waals surface area (Å²) in [5, 5.41) is 7.68.